The van der Waals surface area contributed by atoms with Crippen molar-refractivity contribution in [2.45, 2.75) is 23.0 Å². The van der Waals surface area contributed by atoms with Crippen molar-refractivity contribution in [3.8, 4) is 5.69 Å². The summed E-state index contributed by atoms with van der Waals surface area (Å²) >= 11 is 22.2. The number of hydrogen-bond donors (Lipinski definition) is 2. The Morgan fingerprint density at radius 3 is 2.58 bits per heavy atom. The van der Waals surface area contributed by atoms with E-state index in [9.17, 15) is 14.0 Å². The summed E-state index contributed by atoms with van der Waals surface area (Å²) in [5.41, 5.74) is 0.268. The van der Waals surface area contributed by atoms with Crippen LogP contribution in [0.5, 0.6) is 0 Å². The van der Waals surface area contributed by atoms with Crippen LogP contribution in [0.1, 0.15) is 23.1 Å². The van der Waals surface area contributed by atoms with Crippen LogP contribution in [0.3, 0.4) is 0 Å². The smallest absolute Gasteiger partial charge is 0.256 e. The first kappa shape index (κ1) is 28.6. The number of nitrogens with zero attached hydrogens (tertiary/aromatic N) is 5. The number of carbonyl (C=O) groups excluding carboxylic acids is 2. The Morgan fingerprint density at radius 1 is 1.03 bits per heavy atom. The minimum absolute atomic E-state index is 0.00746. The second-order valence-corrected chi connectivity index (χ2v) is 11.9. The topological polar surface area (TPSA) is 115 Å². The van der Waals surface area contributed by atoms with Crippen LogP contribution in [0.25, 0.3) is 5.69 Å². The SMILES string of the molecule is CCSc1nnc(NC(=O)CSc2nnc(CNC(=O)c3c(F)cccc3Cl)n2-c2ccc(Cl)c(Cl)c2)s1. The van der Waals surface area contributed by atoms with Gasteiger partial charge in [-0.15, -0.1) is 20.4 Å². The Hall–Kier alpha value is -2.42. The van der Waals surface area contributed by atoms with Crippen molar-refractivity contribution in [2.24, 2.45) is 0 Å². The molecule has 0 aliphatic rings. The van der Waals surface area contributed by atoms with E-state index in [4.69, 9.17) is 34.8 Å². The molecule has 198 valence electrons. The van der Waals surface area contributed by atoms with Crippen LogP contribution < -0.4 is 10.6 Å². The summed E-state index contributed by atoms with van der Waals surface area (Å²) in [6.07, 6.45) is 0. The van der Waals surface area contributed by atoms with Gasteiger partial charge in [0.25, 0.3) is 5.91 Å². The fraction of sp³-hybridized carbons (Fsp3) is 0.182. The first-order valence-electron chi connectivity index (χ1n) is 10.8. The third-order valence-corrected chi connectivity index (χ3v) is 8.55. The predicted molar refractivity (Wildman–Crippen MR) is 150 cm³/mol. The molecule has 4 rings (SSSR count). The fourth-order valence-electron chi connectivity index (χ4n) is 3.08. The fourth-order valence-corrected chi connectivity index (χ4v) is 6.06. The maximum Gasteiger partial charge on any atom is 0.256 e. The summed E-state index contributed by atoms with van der Waals surface area (Å²) in [5, 5.41) is 23.0. The number of anilines is 1. The van der Waals surface area contributed by atoms with Crippen molar-refractivity contribution in [1.82, 2.24) is 30.3 Å². The molecule has 38 heavy (non-hydrogen) atoms. The highest BCUT2D eigenvalue weighted by Gasteiger charge is 2.20. The second kappa shape index (κ2) is 13.1. The lowest BCUT2D eigenvalue weighted by atomic mass is 10.2. The van der Waals surface area contributed by atoms with Crippen molar-refractivity contribution in [2.75, 3.05) is 16.8 Å². The van der Waals surface area contributed by atoms with Crippen molar-refractivity contribution < 1.29 is 14.0 Å². The minimum atomic E-state index is -0.751. The van der Waals surface area contributed by atoms with E-state index in [1.54, 1.807) is 22.8 Å². The van der Waals surface area contributed by atoms with Gasteiger partial charge in [0.15, 0.2) is 15.3 Å². The molecule has 0 unspecified atom stereocenters. The molecular weight excluding hydrogens is 616 g/mol. The van der Waals surface area contributed by atoms with Crippen LogP contribution >= 0.6 is 69.7 Å². The first-order chi connectivity index (χ1) is 18.3. The molecule has 0 saturated heterocycles. The molecule has 0 spiro atoms. The second-order valence-electron chi connectivity index (χ2n) is 7.25. The van der Waals surface area contributed by atoms with E-state index >= 15 is 0 Å². The Bertz CT molecular complexity index is 1460. The van der Waals surface area contributed by atoms with Crippen LogP contribution in [0, 0.1) is 5.82 Å². The van der Waals surface area contributed by atoms with Gasteiger partial charge >= 0.3 is 0 Å². The van der Waals surface area contributed by atoms with Gasteiger partial charge in [-0.3, -0.25) is 19.5 Å². The van der Waals surface area contributed by atoms with E-state index in [1.807, 2.05) is 6.92 Å². The van der Waals surface area contributed by atoms with Crippen LogP contribution in [-0.2, 0) is 11.3 Å². The Balaban J connectivity index is 1.52. The highest BCUT2D eigenvalue weighted by Crippen LogP contribution is 2.29. The van der Waals surface area contributed by atoms with Crippen LogP contribution in [-0.4, -0.2) is 48.3 Å². The van der Waals surface area contributed by atoms with Crippen molar-refractivity contribution in [3.63, 3.8) is 0 Å². The standard InChI is InChI=1S/C22H17Cl3FN7O2S3/c1-2-36-22-32-30-20(38-22)28-17(34)10-37-21-31-29-16(33(21)11-6-7-12(23)14(25)8-11)9-27-19(35)18-13(24)4-3-5-15(18)26/h3-8H,2,9-10H2,1H3,(H,27,35)(H,28,30,34). The van der Waals surface area contributed by atoms with Gasteiger partial charge in [0.2, 0.25) is 11.0 Å². The molecule has 0 atom stereocenters. The minimum Gasteiger partial charge on any atom is -0.345 e. The molecule has 2 aromatic carbocycles. The predicted octanol–water partition coefficient (Wildman–Crippen LogP) is 5.99. The molecule has 4 aromatic rings. The van der Waals surface area contributed by atoms with Gasteiger partial charge in [0.1, 0.15) is 5.82 Å². The molecule has 0 aliphatic carbocycles. The van der Waals surface area contributed by atoms with Gasteiger partial charge in [0, 0.05) is 0 Å². The van der Waals surface area contributed by atoms with Gasteiger partial charge < -0.3 is 5.32 Å². The molecule has 16 heteroatoms. The third kappa shape index (κ3) is 6.96. The van der Waals surface area contributed by atoms with E-state index in [0.29, 0.717) is 26.8 Å². The van der Waals surface area contributed by atoms with E-state index in [-0.39, 0.29) is 33.8 Å². The van der Waals surface area contributed by atoms with Gasteiger partial charge in [-0.25, -0.2) is 4.39 Å². The van der Waals surface area contributed by atoms with Crippen molar-refractivity contribution >= 4 is 86.6 Å². The first-order valence-corrected chi connectivity index (χ1v) is 14.7. The lowest BCUT2D eigenvalue weighted by molar-refractivity contribution is -0.113. The maximum atomic E-state index is 14.2. The summed E-state index contributed by atoms with van der Waals surface area (Å²) in [6, 6.07) is 8.86. The van der Waals surface area contributed by atoms with Crippen molar-refractivity contribution in [1.29, 1.82) is 0 Å². The number of rotatable bonds is 10. The molecule has 2 heterocycles. The molecular formula is C22H17Cl3FN7O2S3. The van der Waals surface area contributed by atoms with Gasteiger partial charge in [-0.1, -0.05) is 82.7 Å². The average Bonchev–Trinajstić information content (AvgIpc) is 3.49. The zero-order valence-electron chi connectivity index (χ0n) is 19.4. The molecule has 0 bridgehead atoms. The summed E-state index contributed by atoms with van der Waals surface area (Å²) in [7, 11) is 0. The van der Waals surface area contributed by atoms with Gasteiger partial charge in [0.05, 0.1) is 38.6 Å². The Labute approximate surface area is 243 Å². The monoisotopic (exact) mass is 631 g/mol. The highest BCUT2D eigenvalue weighted by atomic mass is 35.5. The quantitative estimate of drug-likeness (QED) is 0.162. The molecule has 0 saturated carbocycles. The molecule has 2 amide bonds. The highest BCUT2D eigenvalue weighted by molar-refractivity contribution is 8.01. The van der Waals surface area contributed by atoms with Crippen LogP contribution in [0.15, 0.2) is 45.9 Å². The number of nitrogens with one attached hydrogen (secondary N) is 2. The molecule has 2 aromatic heterocycles. The zero-order chi connectivity index (χ0) is 27.2. The number of carbonyl (C=O) groups is 2. The van der Waals surface area contributed by atoms with Crippen LogP contribution in [0.4, 0.5) is 9.52 Å². The summed E-state index contributed by atoms with van der Waals surface area (Å²) in [4.78, 5) is 25.2. The number of amides is 2. The van der Waals surface area contributed by atoms with Crippen LogP contribution in [0.2, 0.25) is 15.1 Å². The molecule has 9 nitrogen and oxygen atoms in total. The molecule has 0 radical (unpaired) electrons. The van der Waals surface area contributed by atoms with Gasteiger partial charge in [-0.2, -0.15) is 0 Å². The molecule has 0 fully saturated rings. The maximum absolute atomic E-state index is 14.2. The Morgan fingerprint density at radius 2 is 1.84 bits per heavy atom. The summed E-state index contributed by atoms with van der Waals surface area (Å²) in [6.45, 7) is 1.88. The largest absolute Gasteiger partial charge is 0.345 e. The number of hydrogen-bond acceptors (Lipinski definition) is 9. The van der Waals surface area contributed by atoms with E-state index in [0.717, 1.165) is 27.9 Å². The number of aromatic nitrogens is 5. The number of halogens is 4. The third-order valence-electron chi connectivity index (χ3n) is 4.71. The summed E-state index contributed by atoms with van der Waals surface area (Å²) in [5.74, 6) is -0.641. The average molecular weight is 633 g/mol. The van der Waals surface area contributed by atoms with Crippen molar-refractivity contribution in [3.05, 3.63) is 68.7 Å². The zero-order valence-corrected chi connectivity index (χ0v) is 24.1. The van der Waals surface area contributed by atoms with E-state index in [2.05, 4.69) is 31.0 Å². The van der Waals surface area contributed by atoms with E-state index in [1.165, 1.54) is 35.2 Å². The Kier molecular flexibility index (Phi) is 9.85. The normalized spacial score (nSPS) is 11.0. The molecule has 2 N–H and O–H groups in total. The lowest BCUT2D eigenvalue weighted by Crippen LogP contribution is -2.26. The van der Waals surface area contributed by atoms with Gasteiger partial charge in [-0.05, 0) is 36.1 Å². The van der Waals surface area contributed by atoms with E-state index < -0.39 is 11.7 Å². The summed E-state index contributed by atoms with van der Waals surface area (Å²) < 4.78 is 16.6. The number of benzene rings is 2. The number of thioether (sulfide) groups is 2. The molecule has 0 aliphatic heterocycles. The lowest BCUT2D eigenvalue weighted by Gasteiger charge is -2.12.